The molecular formula is C31H35N7O2. The molecular weight excluding hydrogens is 502 g/mol. The topological polar surface area (TPSA) is 98.0 Å². The van der Waals surface area contributed by atoms with Crippen molar-refractivity contribution in [3.8, 4) is 0 Å². The molecule has 9 heteroatoms. The molecule has 1 amide bonds. The van der Waals surface area contributed by atoms with Crippen molar-refractivity contribution in [3.63, 3.8) is 0 Å². The van der Waals surface area contributed by atoms with Gasteiger partial charge in [0.2, 0.25) is 5.95 Å². The highest BCUT2D eigenvalue weighted by Gasteiger charge is 2.38. The molecule has 206 valence electrons. The first-order valence-electron chi connectivity index (χ1n) is 14.2. The van der Waals surface area contributed by atoms with Crippen LogP contribution in [0, 0.1) is 18.8 Å². The highest BCUT2D eigenvalue weighted by atomic mass is 16.3. The predicted molar refractivity (Wildman–Crippen MR) is 155 cm³/mol. The zero-order chi connectivity index (χ0) is 27.3. The Morgan fingerprint density at radius 2 is 1.70 bits per heavy atom. The Morgan fingerprint density at radius 1 is 1.00 bits per heavy atom. The van der Waals surface area contributed by atoms with Gasteiger partial charge in [-0.05, 0) is 73.6 Å². The number of benzene rings is 2. The molecule has 4 aromatic rings. The molecule has 2 aromatic heterocycles. The molecule has 0 saturated carbocycles. The maximum atomic E-state index is 13.0. The largest absolute Gasteiger partial charge is 0.385 e. The summed E-state index contributed by atoms with van der Waals surface area (Å²) in [5.41, 5.74) is 4.68. The van der Waals surface area contributed by atoms with E-state index in [9.17, 15) is 9.90 Å². The summed E-state index contributed by atoms with van der Waals surface area (Å²) in [5, 5.41) is 22.7. The summed E-state index contributed by atoms with van der Waals surface area (Å²) in [6.45, 7) is 7.22. The zero-order valence-electron chi connectivity index (χ0n) is 22.8. The number of nitrogens with zero attached hydrogens (tertiary/aromatic N) is 5. The van der Waals surface area contributed by atoms with Crippen LogP contribution in [0.2, 0.25) is 0 Å². The smallest absolute Gasteiger partial charge is 0.253 e. The number of aryl methyl sites for hydroxylation is 1. The molecule has 3 N–H and O–H groups in total. The SMILES string of the molecule is Cc1ccc(C2(O)CCN(c3cccn4nc(Nc5ccc(C(=O)N6CC7CNCC7C6)cc5)nc34)CC2)cc1. The van der Waals surface area contributed by atoms with E-state index in [1.54, 1.807) is 4.52 Å². The van der Waals surface area contributed by atoms with Crippen LogP contribution in [0.5, 0.6) is 0 Å². The molecule has 7 rings (SSSR count). The molecule has 3 aliphatic rings. The summed E-state index contributed by atoms with van der Waals surface area (Å²) in [7, 11) is 0. The third-order valence-corrected chi connectivity index (χ3v) is 8.93. The third-order valence-electron chi connectivity index (χ3n) is 8.93. The molecule has 0 radical (unpaired) electrons. The van der Waals surface area contributed by atoms with E-state index in [0.717, 1.165) is 61.9 Å². The van der Waals surface area contributed by atoms with Gasteiger partial charge in [0.15, 0.2) is 5.65 Å². The molecule has 3 aliphatic heterocycles. The van der Waals surface area contributed by atoms with Gasteiger partial charge in [-0.3, -0.25) is 4.79 Å². The number of carbonyl (C=O) groups excluding carboxylic acids is 1. The van der Waals surface area contributed by atoms with Gasteiger partial charge in [0.25, 0.3) is 5.91 Å². The van der Waals surface area contributed by atoms with E-state index in [2.05, 4.69) is 45.8 Å². The minimum atomic E-state index is -0.811. The van der Waals surface area contributed by atoms with Crippen LogP contribution < -0.4 is 15.5 Å². The number of pyridine rings is 1. The summed E-state index contributed by atoms with van der Waals surface area (Å²) in [6.07, 6.45) is 3.19. The molecule has 2 unspecified atom stereocenters. The number of hydrogen-bond donors (Lipinski definition) is 3. The third kappa shape index (κ3) is 4.59. The summed E-state index contributed by atoms with van der Waals surface area (Å²) >= 11 is 0. The van der Waals surface area contributed by atoms with E-state index in [4.69, 9.17) is 4.98 Å². The van der Waals surface area contributed by atoms with Gasteiger partial charge in [-0.1, -0.05) is 29.8 Å². The Morgan fingerprint density at radius 3 is 2.40 bits per heavy atom. The van der Waals surface area contributed by atoms with E-state index in [-0.39, 0.29) is 5.91 Å². The number of carbonyl (C=O) groups is 1. The molecule has 2 atom stereocenters. The lowest BCUT2D eigenvalue weighted by atomic mass is 9.84. The molecule has 40 heavy (non-hydrogen) atoms. The van der Waals surface area contributed by atoms with Crippen molar-refractivity contribution >= 4 is 28.9 Å². The first kappa shape index (κ1) is 25.0. The number of likely N-dealkylation sites (tertiary alicyclic amines) is 1. The molecule has 0 aliphatic carbocycles. The van der Waals surface area contributed by atoms with Crippen molar-refractivity contribution < 1.29 is 9.90 Å². The number of piperidine rings is 1. The fourth-order valence-corrected chi connectivity index (χ4v) is 6.49. The average molecular weight is 538 g/mol. The fourth-order valence-electron chi connectivity index (χ4n) is 6.49. The second kappa shape index (κ2) is 9.91. The van der Waals surface area contributed by atoms with Gasteiger partial charge in [-0.15, -0.1) is 5.10 Å². The minimum absolute atomic E-state index is 0.104. The molecule has 0 spiro atoms. The van der Waals surface area contributed by atoms with E-state index < -0.39 is 5.60 Å². The number of fused-ring (bicyclic) bond motifs is 2. The first-order chi connectivity index (χ1) is 19.4. The Balaban J connectivity index is 1.03. The lowest BCUT2D eigenvalue weighted by molar-refractivity contribution is 0.0118. The van der Waals surface area contributed by atoms with Crippen molar-refractivity contribution in [3.05, 3.63) is 83.6 Å². The minimum Gasteiger partial charge on any atom is -0.385 e. The Labute approximate surface area is 233 Å². The van der Waals surface area contributed by atoms with Gasteiger partial charge >= 0.3 is 0 Å². The predicted octanol–water partition coefficient (Wildman–Crippen LogP) is 3.56. The van der Waals surface area contributed by atoms with Crippen molar-refractivity contribution in [2.75, 3.05) is 49.5 Å². The van der Waals surface area contributed by atoms with Crippen LogP contribution in [0.25, 0.3) is 5.65 Å². The van der Waals surface area contributed by atoms with E-state index in [1.807, 2.05) is 53.6 Å². The van der Waals surface area contributed by atoms with Gasteiger partial charge in [-0.2, -0.15) is 4.98 Å². The Hall–Kier alpha value is -3.95. The summed E-state index contributed by atoms with van der Waals surface area (Å²) in [5.74, 6) is 1.77. The van der Waals surface area contributed by atoms with Crippen LogP contribution in [-0.2, 0) is 5.60 Å². The molecule has 3 fully saturated rings. The lowest BCUT2D eigenvalue weighted by Crippen LogP contribution is -2.42. The van der Waals surface area contributed by atoms with Crippen molar-refractivity contribution in [2.24, 2.45) is 11.8 Å². The number of anilines is 3. The van der Waals surface area contributed by atoms with Crippen LogP contribution in [0.4, 0.5) is 17.3 Å². The van der Waals surface area contributed by atoms with Gasteiger partial charge in [0.1, 0.15) is 0 Å². The normalized spacial score (nSPS) is 22.1. The van der Waals surface area contributed by atoms with Gasteiger partial charge in [0.05, 0.1) is 11.3 Å². The van der Waals surface area contributed by atoms with E-state index in [1.165, 1.54) is 5.56 Å². The van der Waals surface area contributed by atoms with E-state index >= 15 is 0 Å². The lowest BCUT2D eigenvalue weighted by Gasteiger charge is -2.39. The van der Waals surface area contributed by atoms with Gasteiger partial charge in [-0.25, -0.2) is 4.52 Å². The monoisotopic (exact) mass is 537 g/mol. The second-order valence-electron chi connectivity index (χ2n) is 11.6. The number of aliphatic hydroxyl groups is 1. The Bertz CT molecular complexity index is 1510. The Kier molecular flexibility index (Phi) is 6.20. The molecule has 3 saturated heterocycles. The van der Waals surface area contributed by atoms with Gasteiger partial charge in [0, 0.05) is 56.7 Å². The van der Waals surface area contributed by atoms with E-state index in [0.29, 0.717) is 36.2 Å². The van der Waals surface area contributed by atoms with Crippen LogP contribution in [-0.4, -0.2) is 69.8 Å². The molecule has 9 nitrogen and oxygen atoms in total. The standard InChI is InChI=1S/C31H35N7O2/c1-21-4-8-25(9-5-21)31(40)12-15-36(16-13-31)27-3-2-14-38-28(27)34-30(35-38)33-26-10-6-22(7-11-26)29(39)37-19-23-17-32-18-24(23)20-37/h2-11,14,23-24,32,40H,12-13,15-20H2,1H3,(H,33,35). The van der Waals surface area contributed by atoms with Crippen LogP contribution in [0.1, 0.15) is 34.3 Å². The summed E-state index contributed by atoms with van der Waals surface area (Å²) in [4.78, 5) is 22.1. The first-order valence-corrected chi connectivity index (χ1v) is 14.2. The van der Waals surface area contributed by atoms with Crippen molar-refractivity contribution in [1.82, 2.24) is 24.8 Å². The number of aromatic nitrogens is 3. The van der Waals surface area contributed by atoms with Gasteiger partial charge < -0.3 is 25.5 Å². The van der Waals surface area contributed by atoms with Crippen molar-refractivity contribution in [2.45, 2.75) is 25.4 Å². The molecule has 0 bridgehead atoms. The quantitative estimate of drug-likeness (QED) is 0.358. The highest BCUT2D eigenvalue weighted by Crippen LogP contribution is 2.36. The summed E-state index contributed by atoms with van der Waals surface area (Å²) < 4.78 is 1.79. The van der Waals surface area contributed by atoms with Crippen LogP contribution in [0.3, 0.4) is 0 Å². The van der Waals surface area contributed by atoms with Crippen LogP contribution >= 0.6 is 0 Å². The van der Waals surface area contributed by atoms with Crippen molar-refractivity contribution in [1.29, 1.82) is 0 Å². The maximum absolute atomic E-state index is 13.0. The summed E-state index contributed by atoms with van der Waals surface area (Å²) in [6, 6.07) is 19.8. The second-order valence-corrected chi connectivity index (χ2v) is 11.6. The molecule has 5 heterocycles. The molecule has 2 aromatic carbocycles. The number of amides is 1. The highest BCUT2D eigenvalue weighted by molar-refractivity contribution is 5.94. The average Bonchev–Trinajstić information content (AvgIpc) is 3.69. The van der Waals surface area contributed by atoms with Crippen LogP contribution in [0.15, 0.2) is 66.9 Å². The fraction of sp³-hybridized carbons (Fsp3) is 0.387. The maximum Gasteiger partial charge on any atom is 0.253 e. The zero-order valence-corrected chi connectivity index (χ0v) is 22.8. The number of hydrogen-bond acceptors (Lipinski definition) is 7. The number of rotatable bonds is 5. The number of nitrogens with one attached hydrogen (secondary N) is 2.